The van der Waals surface area contributed by atoms with E-state index in [-0.39, 0.29) is 12.1 Å². The van der Waals surface area contributed by atoms with Gasteiger partial charge in [-0.05, 0) is 18.4 Å². The summed E-state index contributed by atoms with van der Waals surface area (Å²) in [5, 5.41) is 0. The van der Waals surface area contributed by atoms with Gasteiger partial charge in [-0.25, -0.2) is 0 Å². The maximum Gasteiger partial charge on any atom is 0.302 e. The molecule has 0 N–H and O–H groups in total. The first kappa shape index (κ1) is 13.8. The highest BCUT2D eigenvalue weighted by molar-refractivity contribution is 5.65. The van der Waals surface area contributed by atoms with Gasteiger partial charge in [0.2, 0.25) is 0 Å². The van der Waals surface area contributed by atoms with E-state index in [1.165, 1.54) is 24.0 Å². The van der Waals surface area contributed by atoms with Crippen LogP contribution in [0.2, 0.25) is 0 Å². The molecule has 0 heterocycles. The highest BCUT2D eigenvalue weighted by Gasteiger charge is 2.28. The van der Waals surface area contributed by atoms with Crippen LogP contribution in [0.3, 0.4) is 0 Å². The van der Waals surface area contributed by atoms with Crippen molar-refractivity contribution in [1.29, 1.82) is 0 Å². The van der Waals surface area contributed by atoms with Gasteiger partial charge in [0, 0.05) is 20.0 Å². The summed E-state index contributed by atoms with van der Waals surface area (Å²) in [4.78, 5) is 10.8. The number of esters is 1. The van der Waals surface area contributed by atoms with Crippen molar-refractivity contribution in [2.45, 2.75) is 25.9 Å². The molecule has 0 aliphatic heterocycles. The lowest BCUT2D eigenvalue weighted by molar-refractivity contribution is -0.144. The highest BCUT2D eigenvalue weighted by atomic mass is 16.6. The normalized spacial score (nSPS) is 15.8. The fraction of sp³-hybridized carbons (Fsp3) is 0.375. The topological polar surface area (TPSA) is 35.5 Å². The van der Waals surface area contributed by atoms with Crippen molar-refractivity contribution in [1.82, 2.24) is 0 Å². The number of methoxy groups -OCH3 is 1. The lowest BCUT2D eigenvalue weighted by Crippen LogP contribution is -2.19. The van der Waals surface area contributed by atoms with E-state index in [2.05, 4.69) is 30.3 Å². The molecular weight excluding hydrogens is 240 g/mol. The van der Waals surface area contributed by atoms with Gasteiger partial charge in [0.1, 0.15) is 6.61 Å². The molecule has 3 nitrogen and oxygen atoms in total. The number of hydrogen-bond donors (Lipinski definition) is 0. The van der Waals surface area contributed by atoms with Crippen molar-refractivity contribution in [2.75, 3.05) is 13.7 Å². The predicted molar refractivity (Wildman–Crippen MR) is 73.5 cm³/mol. The molecule has 19 heavy (non-hydrogen) atoms. The Hall–Kier alpha value is -1.61. The summed E-state index contributed by atoms with van der Waals surface area (Å²) in [6.07, 6.45) is 3.92. The molecule has 0 bridgehead atoms. The zero-order valence-corrected chi connectivity index (χ0v) is 11.4. The number of carbonyl (C=O) groups is 1. The molecule has 0 saturated heterocycles. The van der Waals surface area contributed by atoms with Gasteiger partial charge in [0.25, 0.3) is 0 Å². The third-order valence-corrected chi connectivity index (χ3v) is 3.17. The van der Waals surface area contributed by atoms with Gasteiger partial charge in [0.15, 0.2) is 0 Å². The zero-order chi connectivity index (χ0) is 13.7. The van der Waals surface area contributed by atoms with Crippen LogP contribution in [-0.4, -0.2) is 25.8 Å². The minimum Gasteiger partial charge on any atom is -0.463 e. The van der Waals surface area contributed by atoms with E-state index >= 15 is 0 Å². The van der Waals surface area contributed by atoms with Gasteiger partial charge in [-0.15, -0.1) is 0 Å². The van der Waals surface area contributed by atoms with E-state index in [0.717, 1.165) is 12.8 Å². The van der Waals surface area contributed by atoms with Crippen LogP contribution in [0.25, 0.3) is 0 Å². The van der Waals surface area contributed by atoms with Crippen LogP contribution in [0, 0.1) is 5.92 Å². The van der Waals surface area contributed by atoms with Gasteiger partial charge >= 0.3 is 5.97 Å². The van der Waals surface area contributed by atoms with Gasteiger partial charge in [0.05, 0.1) is 6.10 Å². The standard InChI is InChI=1S/C16H19O3/c1-12(17)19-11-16(18-2)10-15-9-14(15)8-13-6-4-3-5-7-13/h3-7,9,16H,8,10-11H2,1-2H3/t16-/m1/s1. The lowest BCUT2D eigenvalue weighted by Gasteiger charge is -2.14. The maximum absolute atomic E-state index is 10.8. The van der Waals surface area contributed by atoms with Crippen LogP contribution in [0.4, 0.5) is 0 Å². The van der Waals surface area contributed by atoms with Crippen molar-refractivity contribution in [2.24, 2.45) is 0 Å². The molecule has 0 unspecified atom stereocenters. The molecule has 101 valence electrons. The molecule has 0 fully saturated rings. The third kappa shape index (κ3) is 4.52. The van der Waals surface area contributed by atoms with Crippen molar-refractivity contribution in [3.05, 3.63) is 53.5 Å². The minimum atomic E-state index is -0.264. The fourth-order valence-corrected chi connectivity index (χ4v) is 2.01. The SMILES string of the molecule is CO[C@@H](COC(C)=O)CC1=C[C]1Cc1ccccc1. The van der Waals surface area contributed by atoms with Crippen LogP contribution in [0.1, 0.15) is 18.9 Å². The lowest BCUT2D eigenvalue weighted by atomic mass is 10.0. The Morgan fingerprint density at radius 3 is 2.63 bits per heavy atom. The van der Waals surface area contributed by atoms with E-state index in [4.69, 9.17) is 9.47 Å². The summed E-state index contributed by atoms with van der Waals surface area (Å²) in [7, 11) is 1.65. The number of rotatable bonds is 7. The zero-order valence-electron chi connectivity index (χ0n) is 11.4. The van der Waals surface area contributed by atoms with Gasteiger partial charge in [-0.1, -0.05) is 42.0 Å². The second-order valence-corrected chi connectivity index (χ2v) is 4.72. The number of hydrogen-bond acceptors (Lipinski definition) is 3. The molecule has 1 radical (unpaired) electrons. The van der Waals surface area contributed by atoms with Gasteiger partial charge < -0.3 is 9.47 Å². The first-order chi connectivity index (χ1) is 9.19. The average molecular weight is 259 g/mol. The Labute approximate surface area is 114 Å². The first-order valence-corrected chi connectivity index (χ1v) is 6.46. The second-order valence-electron chi connectivity index (χ2n) is 4.72. The summed E-state index contributed by atoms with van der Waals surface area (Å²) in [5.74, 6) is 1.11. The molecular formula is C16H19O3. The van der Waals surface area contributed by atoms with E-state index in [0.29, 0.717) is 6.61 Å². The van der Waals surface area contributed by atoms with E-state index in [9.17, 15) is 4.79 Å². The number of ether oxygens (including phenoxy) is 2. The molecule has 0 spiro atoms. The smallest absolute Gasteiger partial charge is 0.302 e. The minimum absolute atomic E-state index is 0.0524. The molecule has 0 saturated carbocycles. The quantitative estimate of drug-likeness (QED) is 0.706. The number of allylic oxidation sites excluding steroid dienone is 1. The third-order valence-electron chi connectivity index (χ3n) is 3.17. The van der Waals surface area contributed by atoms with Crippen LogP contribution < -0.4 is 0 Å². The van der Waals surface area contributed by atoms with Gasteiger partial charge in [-0.3, -0.25) is 4.79 Å². The summed E-state index contributed by atoms with van der Waals surface area (Å²) in [6, 6.07) is 10.4. The van der Waals surface area contributed by atoms with Crippen molar-refractivity contribution in [3.8, 4) is 0 Å². The summed E-state index contributed by atoms with van der Waals surface area (Å²) < 4.78 is 10.3. The summed E-state index contributed by atoms with van der Waals surface area (Å²) >= 11 is 0. The van der Waals surface area contributed by atoms with E-state index < -0.39 is 0 Å². The van der Waals surface area contributed by atoms with Crippen LogP contribution >= 0.6 is 0 Å². The van der Waals surface area contributed by atoms with Crippen molar-refractivity contribution in [3.63, 3.8) is 0 Å². The van der Waals surface area contributed by atoms with E-state index in [1.807, 2.05) is 6.07 Å². The molecule has 1 atom stereocenters. The fourth-order valence-electron chi connectivity index (χ4n) is 2.01. The summed E-state index contributed by atoms with van der Waals surface area (Å²) in [5.41, 5.74) is 2.64. The first-order valence-electron chi connectivity index (χ1n) is 6.46. The molecule has 0 amide bonds. The Bertz CT molecular complexity index is 450. The largest absolute Gasteiger partial charge is 0.463 e. The van der Waals surface area contributed by atoms with E-state index in [1.54, 1.807) is 7.11 Å². The molecule has 2 rings (SSSR count). The molecule has 1 aliphatic rings. The van der Waals surface area contributed by atoms with Crippen LogP contribution in [-0.2, 0) is 20.7 Å². The maximum atomic E-state index is 10.8. The predicted octanol–water partition coefficient (Wildman–Crippen LogP) is 2.71. The average Bonchev–Trinajstić information content (AvgIpc) is 3.13. The van der Waals surface area contributed by atoms with Crippen molar-refractivity contribution >= 4 is 5.97 Å². The van der Waals surface area contributed by atoms with Crippen molar-refractivity contribution < 1.29 is 14.3 Å². The monoisotopic (exact) mass is 259 g/mol. The molecule has 1 aliphatic carbocycles. The Kier molecular flexibility index (Phi) is 4.74. The molecule has 1 aromatic carbocycles. The molecule has 0 aromatic heterocycles. The Balaban J connectivity index is 1.73. The van der Waals surface area contributed by atoms with Crippen LogP contribution in [0.5, 0.6) is 0 Å². The molecule has 1 aromatic rings. The summed E-state index contributed by atoms with van der Waals surface area (Å²) in [6.45, 7) is 1.73. The number of benzene rings is 1. The molecule has 3 heteroatoms. The number of carbonyl (C=O) groups excluding carboxylic acids is 1. The Morgan fingerprint density at radius 2 is 2.00 bits per heavy atom. The highest BCUT2D eigenvalue weighted by Crippen LogP contribution is 2.38. The Morgan fingerprint density at radius 1 is 1.26 bits per heavy atom. The van der Waals surface area contributed by atoms with Crippen LogP contribution in [0.15, 0.2) is 42.0 Å². The van der Waals surface area contributed by atoms with Gasteiger partial charge in [-0.2, -0.15) is 0 Å². The second kappa shape index (κ2) is 6.53.